The molecular formula is C7H8BrF2N3. The lowest BCUT2D eigenvalue weighted by atomic mass is 10.2. The zero-order valence-corrected chi connectivity index (χ0v) is 8.18. The lowest BCUT2D eigenvalue weighted by Gasteiger charge is -2.07. The molecule has 0 aliphatic rings. The maximum atomic E-state index is 12.2. The lowest BCUT2D eigenvalue weighted by molar-refractivity contribution is 0.146. The van der Waals surface area contributed by atoms with Crippen molar-refractivity contribution in [2.75, 3.05) is 5.73 Å². The number of hydrogen-bond donors (Lipinski definition) is 2. The normalized spacial score (nSPS) is 10.8. The van der Waals surface area contributed by atoms with E-state index < -0.39 is 6.43 Å². The summed E-state index contributed by atoms with van der Waals surface area (Å²) in [5.74, 6) is 0.0483. The molecule has 6 heteroatoms. The molecule has 1 heterocycles. The van der Waals surface area contributed by atoms with Crippen LogP contribution in [-0.4, -0.2) is 4.98 Å². The summed E-state index contributed by atoms with van der Waals surface area (Å²) in [6.07, 6.45) is -2.62. The Labute approximate surface area is 82.3 Å². The molecule has 0 saturated carbocycles. The average molecular weight is 252 g/mol. The molecular weight excluding hydrogens is 244 g/mol. The first-order chi connectivity index (χ1) is 6.06. The van der Waals surface area contributed by atoms with Crippen LogP contribution in [0, 0.1) is 0 Å². The molecule has 0 spiro atoms. The Morgan fingerprint density at radius 1 is 1.54 bits per heavy atom. The molecule has 0 saturated heterocycles. The maximum Gasteiger partial charge on any atom is 0.280 e. The Bertz CT molecular complexity index is 294. The fraction of sp³-hybridized carbons (Fsp3) is 0.286. The number of aromatic nitrogens is 1. The molecule has 0 aliphatic heterocycles. The van der Waals surface area contributed by atoms with Gasteiger partial charge in [0.25, 0.3) is 6.43 Å². The highest BCUT2D eigenvalue weighted by Crippen LogP contribution is 2.26. The smallest absolute Gasteiger partial charge is 0.280 e. The third-order valence-electron chi connectivity index (χ3n) is 1.55. The van der Waals surface area contributed by atoms with Crippen molar-refractivity contribution in [3.05, 3.63) is 21.8 Å². The number of halogens is 3. The standard InChI is InChI=1S/C7H8BrF2N3/c8-4-1-5(6(9)10)13-7(12)3(4)2-11/h1,6H,2,11H2,(H2,12,13). The van der Waals surface area contributed by atoms with Crippen LogP contribution in [0.5, 0.6) is 0 Å². The average Bonchev–Trinajstić information content (AvgIpc) is 2.03. The van der Waals surface area contributed by atoms with Crippen LogP contribution < -0.4 is 11.5 Å². The summed E-state index contributed by atoms with van der Waals surface area (Å²) >= 11 is 3.09. The van der Waals surface area contributed by atoms with Crippen LogP contribution in [0.3, 0.4) is 0 Å². The lowest BCUT2D eigenvalue weighted by Crippen LogP contribution is -2.06. The molecule has 1 aromatic heterocycles. The van der Waals surface area contributed by atoms with E-state index in [-0.39, 0.29) is 18.1 Å². The van der Waals surface area contributed by atoms with Crippen molar-refractivity contribution in [1.29, 1.82) is 0 Å². The number of nitrogen functional groups attached to an aromatic ring is 1. The molecule has 0 fully saturated rings. The number of nitrogens with two attached hydrogens (primary N) is 2. The van der Waals surface area contributed by atoms with Crippen molar-refractivity contribution < 1.29 is 8.78 Å². The monoisotopic (exact) mass is 251 g/mol. The van der Waals surface area contributed by atoms with Crippen molar-refractivity contribution in [1.82, 2.24) is 4.98 Å². The van der Waals surface area contributed by atoms with Gasteiger partial charge in [0.2, 0.25) is 0 Å². The van der Waals surface area contributed by atoms with Gasteiger partial charge in [0.05, 0.1) is 0 Å². The number of pyridine rings is 1. The molecule has 0 atom stereocenters. The molecule has 1 rings (SSSR count). The highest BCUT2D eigenvalue weighted by atomic mass is 79.9. The second kappa shape index (κ2) is 3.97. The fourth-order valence-electron chi connectivity index (χ4n) is 0.892. The Morgan fingerprint density at radius 3 is 2.54 bits per heavy atom. The van der Waals surface area contributed by atoms with Gasteiger partial charge in [-0.1, -0.05) is 15.9 Å². The van der Waals surface area contributed by atoms with Crippen LogP contribution in [0.2, 0.25) is 0 Å². The maximum absolute atomic E-state index is 12.2. The second-order valence-electron chi connectivity index (χ2n) is 2.40. The van der Waals surface area contributed by atoms with E-state index in [4.69, 9.17) is 11.5 Å². The molecule has 4 N–H and O–H groups in total. The summed E-state index contributed by atoms with van der Waals surface area (Å²) < 4.78 is 24.9. The Morgan fingerprint density at radius 2 is 2.15 bits per heavy atom. The van der Waals surface area contributed by atoms with Gasteiger partial charge in [0.1, 0.15) is 11.5 Å². The van der Waals surface area contributed by atoms with Gasteiger partial charge in [0, 0.05) is 16.6 Å². The Kier molecular flexibility index (Phi) is 3.16. The first-order valence-corrected chi connectivity index (χ1v) is 4.28. The molecule has 0 bridgehead atoms. The first kappa shape index (κ1) is 10.3. The summed E-state index contributed by atoms with van der Waals surface area (Å²) in [4.78, 5) is 3.52. The minimum absolute atomic E-state index is 0.0483. The predicted molar refractivity (Wildman–Crippen MR) is 49.2 cm³/mol. The summed E-state index contributed by atoms with van der Waals surface area (Å²) in [6.45, 7) is 0.170. The summed E-state index contributed by atoms with van der Waals surface area (Å²) in [5, 5.41) is 0. The molecule has 3 nitrogen and oxygen atoms in total. The first-order valence-electron chi connectivity index (χ1n) is 3.49. The predicted octanol–water partition coefficient (Wildman–Crippen LogP) is 1.82. The highest BCUT2D eigenvalue weighted by molar-refractivity contribution is 9.10. The van der Waals surface area contributed by atoms with E-state index in [1.54, 1.807) is 0 Å². The molecule has 0 aliphatic carbocycles. The van der Waals surface area contributed by atoms with Crippen molar-refractivity contribution in [3.8, 4) is 0 Å². The van der Waals surface area contributed by atoms with Crippen molar-refractivity contribution >= 4 is 21.7 Å². The van der Waals surface area contributed by atoms with Crippen molar-refractivity contribution in [2.45, 2.75) is 13.0 Å². The van der Waals surface area contributed by atoms with E-state index in [1.807, 2.05) is 0 Å². The summed E-state index contributed by atoms with van der Waals surface area (Å²) in [7, 11) is 0. The zero-order chi connectivity index (χ0) is 10.0. The molecule has 72 valence electrons. The molecule has 0 unspecified atom stereocenters. The SMILES string of the molecule is NCc1c(Br)cc(C(F)F)nc1N. The third kappa shape index (κ3) is 2.13. The minimum Gasteiger partial charge on any atom is -0.383 e. The number of nitrogens with zero attached hydrogens (tertiary/aromatic N) is 1. The largest absolute Gasteiger partial charge is 0.383 e. The third-order valence-corrected chi connectivity index (χ3v) is 2.26. The van der Waals surface area contributed by atoms with Crippen LogP contribution >= 0.6 is 15.9 Å². The Hall–Kier alpha value is -0.750. The van der Waals surface area contributed by atoms with Crippen LogP contribution in [0.15, 0.2) is 10.5 Å². The van der Waals surface area contributed by atoms with E-state index >= 15 is 0 Å². The van der Waals surface area contributed by atoms with E-state index in [0.29, 0.717) is 10.0 Å². The highest BCUT2D eigenvalue weighted by Gasteiger charge is 2.13. The van der Waals surface area contributed by atoms with Gasteiger partial charge in [-0.3, -0.25) is 0 Å². The van der Waals surface area contributed by atoms with Crippen molar-refractivity contribution in [3.63, 3.8) is 0 Å². The van der Waals surface area contributed by atoms with Crippen LogP contribution in [0.1, 0.15) is 17.7 Å². The topological polar surface area (TPSA) is 64.9 Å². The molecule has 0 aromatic carbocycles. The zero-order valence-electron chi connectivity index (χ0n) is 6.60. The fourth-order valence-corrected chi connectivity index (χ4v) is 1.49. The Balaban J connectivity index is 3.20. The number of rotatable bonds is 2. The number of alkyl halides is 2. The summed E-state index contributed by atoms with van der Waals surface area (Å²) in [6, 6.07) is 1.23. The molecule has 0 amide bonds. The summed E-state index contributed by atoms with van der Waals surface area (Å²) in [5.41, 5.74) is 11.0. The van der Waals surface area contributed by atoms with Gasteiger partial charge in [-0.05, 0) is 6.07 Å². The quantitative estimate of drug-likeness (QED) is 0.843. The number of hydrogen-bond acceptors (Lipinski definition) is 3. The molecule has 0 radical (unpaired) electrons. The van der Waals surface area contributed by atoms with Crippen molar-refractivity contribution in [2.24, 2.45) is 5.73 Å². The van der Waals surface area contributed by atoms with E-state index in [2.05, 4.69) is 20.9 Å². The van der Waals surface area contributed by atoms with Gasteiger partial charge in [-0.25, -0.2) is 13.8 Å². The van der Waals surface area contributed by atoms with Gasteiger partial charge >= 0.3 is 0 Å². The van der Waals surface area contributed by atoms with E-state index in [9.17, 15) is 8.78 Å². The van der Waals surface area contributed by atoms with Gasteiger partial charge in [-0.15, -0.1) is 0 Å². The number of anilines is 1. The van der Waals surface area contributed by atoms with Gasteiger partial charge in [0.15, 0.2) is 0 Å². The van der Waals surface area contributed by atoms with Gasteiger partial charge in [-0.2, -0.15) is 0 Å². The van der Waals surface area contributed by atoms with Crippen LogP contribution in [0.4, 0.5) is 14.6 Å². The van der Waals surface area contributed by atoms with Crippen LogP contribution in [-0.2, 0) is 6.54 Å². The van der Waals surface area contributed by atoms with E-state index in [0.717, 1.165) is 0 Å². The minimum atomic E-state index is -2.62. The second-order valence-corrected chi connectivity index (χ2v) is 3.25. The molecule has 1 aromatic rings. The molecule has 13 heavy (non-hydrogen) atoms. The van der Waals surface area contributed by atoms with Crippen LogP contribution in [0.25, 0.3) is 0 Å². The van der Waals surface area contributed by atoms with E-state index in [1.165, 1.54) is 6.07 Å². The van der Waals surface area contributed by atoms with Gasteiger partial charge < -0.3 is 11.5 Å².